The van der Waals surface area contributed by atoms with Crippen molar-refractivity contribution in [2.24, 2.45) is 5.10 Å². The Morgan fingerprint density at radius 2 is 1.83 bits per heavy atom. The summed E-state index contributed by atoms with van der Waals surface area (Å²) in [7, 11) is 0. The van der Waals surface area contributed by atoms with Gasteiger partial charge in [0.15, 0.2) is 0 Å². The van der Waals surface area contributed by atoms with Crippen molar-refractivity contribution in [3.8, 4) is 11.4 Å². The van der Waals surface area contributed by atoms with Crippen LogP contribution < -0.4 is 10.2 Å². The van der Waals surface area contributed by atoms with Crippen molar-refractivity contribution < 1.29 is 9.53 Å². The number of rotatable bonds is 7. The summed E-state index contributed by atoms with van der Waals surface area (Å²) in [5, 5.41) is 4.15. The maximum Gasteiger partial charge on any atom is 0.244 e. The van der Waals surface area contributed by atoms with E-state index in [4.69, 9.17) is 4.74 Å². The van der Waals surface area contributed by atoms with Crippen LogP contribution in [0, 0.1) is 20.8 Å². The first-order chi connectivity index (χ1) is 14.0. The summed E-state index contributed by atoms with van der Waals surface area (Å²) < 4.78 is 7.62. The molecule has 29 heavy (non-hydrogen) atoms. The Bertz CT molecular complexity index is 1020. The zero-order valence-corrected chi connectivity index (χ0v) is 17.4. The minimum Gasteiger partial charge on any atom is -0.494 e. The van der Waals surface area contributed by atoms with Crippen LogP contribution in [0.1, 0.15) is 35.0 Å². The number of ether oxygens (including phenoxy) is 1. The summed E-state index contributed by atoms with van der Waals surface area (Å²) in [5.41, 5.74) is 9.08. The van der Waals surface area contributed by atoms with Crippen LogP contribution in [0.5, 0.6) is 5.75 Å². The van der Waals surface area contributed by atoms with E-state index in [0.29, 0.717) is 6.61 Å². The molecule has 0 saturated heterocycles. The Morgan fingerprint density at radius 1 is 1.10 bits per heavy atom. The summed E-state index contributed by atoms with van der Waals surface area (Å²) in [5.74, 6) is 0.650. The standard InChI is InChI=1S/C24H27N3O2/c1-5-29-22-12-10-20(11-13-22)15-24(28)26-25-16-21-14-18(3)27(19(21)4)23-9-7-6-8-17(23)2/h6-14,16H,5,15H2,1-4H3,(H,26,28)/b25-16-. The Morgan fingerprint density at radius 3 is 2.52 bits per heavy atom. The lowest BCUT2D eigenvalue weighted by molar-refractivity contribution is -0.120. The van der Waals surface area contributed by atoms with Gasteiger partial charge in [-0.25, -0.2) is 5.43 Å². The van der Waals surface area contributed by atoms with Gasteiger partial charge in [-0.1, -0.05) is 30.3 Å². The number of aryl methyl sites for hydroxylation is 2. The maximum atomic E-state index is 12.2. The molecule has 0 bridgehead atoms. The highest BCUT2D eigenvalue weighted by molar-refractivity contribution is 5.84. The first-order valence-electron chi connectivity index (χ1n) is 9.78. The SMILES string of the molecule is CCOc1ccc(CC(=O)N/N=C\c2cc(C)n(-c3ccccc3C)c2C)cc1. The van der Waals surface area contributed by atoms with Crippen LogP contribution in [0.3, 0.4) is 0 Å². The molecule has 0 aliphatic carbocycles. The molecule has 1 amide bonds. The van der Waals surface area contributed by atoms with E-state index in [-0.39, 0.29) is 12.3 Å². The summed E-state index contributed by atoms with van der Waals surface area (Å²) >= 11 is 0. The van der Waals surface area contributed by atoms with Gasteiger partial charge in [0.25, 0.3) is 0 Å². The van der Waals surface area contributed by atoms with E-state index in [1.165, 1.54) is 5.56 Å². The number of carbonyl (C=O) groups is 1. The molecule has 0 radical (unpaired) electrons. The average molecular weight is 389 g/mol. The molecule has 5 nitrogen and oxygen atoms in total. The number of nitrogens with one attached hydrogen (secondary N) is 1. The fourth-order valence-electron chi connectivity index (χ4n) is 3.37. The molecule has 0 atom stereocenters. The lowest BCUT2D eigenvalue weighted by Crippen LogP contribution is -2.19. The van der Waals surface area contributed by atoms with Crippen molar-refractivity contribution >= 4 is 12.1 Å². The van der Waals surface area contributed by atoms with Gasteiger partial charge < -0.3 is 9.30 Å². The molecular weight excluding hydrogens is 362 g/mol. The number of amides is 1. The molecule has 1 N–H and O–H groups in total. The van der Waals surface area contributed by atoms with Gasteiger partial charge >= 0.3 is 0 Å². The van der Waals surface area contributed by atoms with Crippen molar-refractivity contribution in [1.82, 2.24) is 9.99 Å². The summed E-state index contributed by atoms with van der Waals surface area (Å²) in [6.07, 6.45) is 1.97. The highest BCUT2D eigenvalue weighted by atomic mass is 16.5. The molecule has 150 valence electrons. The monoisotopic (exact) mass is 389 g/mol. The van der Waals surface area contributed by atoms with E-state index in [1.807, 2.05) is 43.3 Å². The van der Waals surface area contributed by atoms with Crippen molar-refractivity contribution in [3.05, 3.63) is 82.7 Å². The fourth-order valence-corrected chi connectivity index (χ4v) is 3.37. The minimum absolute atomic E-state index is 0.155. The van der Waals surface area contributed by atoms with Gasteiger partial charge in [0.1, 0.15) is 5.75 Å². The van der Waals surface area contributed by atoms with Crippen molar-refractivity contribution in [1.29, 1.82) is 0 Å². The minimum atomic E-state index is -0.155. The van der Waals surface area contributed by atoms with Crippen LogP contribution in [-0.4, -0.2) is 23.3 Å². The quantitative estimate of drug-likeness (QED) is 0.478. The molecule has 3 aromatic rings. The molecule has 0 fully saturated rings. The molecule has 0 aliphatic heterocycles. The van der Waals surface area contributed by atoms with Crippen LogP contribution in [-0.2, 0) is 11.2 Å². The Kier molecular flexibility index (Phi) is 6.50. The second kappa shape index (κ2) is 9.24. The van der Waals surface area contributed by atoms with Crippen molar-refractivity contribution in [2.75, 3.05) is 6.61 Å². The lowest BCUT2D eigenvalue weighted by atomic mass is 10.1. The maximum absolute atomic E-state index is 12.2. The molecule has 3 rings (SSSR count). The molecule has 1 aromatic heterocycles. The topological polar surface area (TPSA) is 55.6 Å². The number of aromatic nitrogens is 1. The number of para-hydroxylation sites is 1. The molecular formula is C24H27N3O2. The van der Waals surface area contributed by atoms with E-state index in [1.54, 1.807) is 6.21 Å². The van der Waals surface area contributed by atoms with Crippen LogP contribution in [0.15, 0.2) is 59.7 Å². The van der Waals surface area contributed by atoms with Gasteiger partial charge in [0.2, 0.25) is 5.91 Å². The summed E-state index contributed by atoms with van der Waals surface area (Å²) in [4.78, 5) is 12.2. The Balaban J connectivity index is 1.65. The smallest absolute Gasteiger partial charge is 0.244 e. The zero-order chi connectivity index (χ0) is 20.8. The molecule has 5 heteroatoms. The largest absolute Gasteiger partial charge is 0.494 e. The third-order valence-electron chi connectivity index (χ3n) is 4.82. The van der Waals surface area contributed by atoms with Crippen molar-refractivity contribution in [2.45, 2.75) is 34.1 Å². The number of carbonyl (C=O) groups excluding carboxylic acids is 1. The van der Waals surface area contributed by atoms with E-state index in [9.17, 15) is 4.79 Å². The number of hydrazone groups is 1. The number of nitrogens with zero attached hydrogens (tertiary/aromatic N) is 2. The summed E-state index contributed by atoms with van der Waals surface area (Å²) in [6.45, 7) is 8.80. The fraction of sp³-hybridized carbons (Fsp3) is 0.250. The van der Waals surface area contributed by atoms with Gasteiger partial charge in [0.05, 0.1) is 19.2 Å². The predicted octanol–water partition coefficient (Wildman–Crippen LogP) is 4.49. The zero-order valence-electron chi connectivity index (χ0n) is 17.4. The van der Waals surface area contributed by atoms with Crippen LogP contribution in [0.2, 0.25) is 0 Å². The normalized spacial score (nSPS) is 11.0. The lowest BCUT2D eigenvalue weighted by Gasteiger charge is -2.12. The molecule has 0 spiro atoms. The molecule has 0 unspecified atom stereocenters. The first-order valence-corrected chi connectivity index (χ1v) is 9.78. The molecule has 0 saturated carbocycles. The number of hydrogen-bond acceptors (Lipinski definition) is 3. The summed E-state index contributed by atoms with van der Waals surface area (Å²) in [6, 6.07) is 17.9. The third kappa shape index (κ3) is 4.93. The van der Waals surface area contributed by atoms with E-state index in [0.717, 1.165) is 34.0 Å². The Hall–Kier alpha value is -3.34. The molecule has 2 aromatic carbocycles. The van der Waals surface area contributed by atoms with Gasteiger partial charge in [-0.3, -0.25) is 4.79 Å². The average Bonchev–Trinajstić information content (AvgIpc) is 2.97. The Labute approximate surface area is 172 Å². The van der Waals surface area contributed by atoms with Gasteiger partial charge in [0, 0.05) is 22.6 Å². The first kappa shape index (κ1) is 20.4. The van der Waals surface area contributed by atoms with E-state index >= 15 is 0 Å². The van der Waals surface area contributed by atoms with Crippen LogP contribution in [0.25, 0.3) is 5.69 Å². The van der Waals surface area contributed by atoms with Gasteiger partial charge in [-0.05, 0) is 63.1 Å². The van der Waals surface area contributed by atoms with E-state index < -0.39 is 0 Å². The van der Waals surface area contributed by atoms with E-state index in [2.05, 4.69) is 54.1 Å². The van der Waals surface area contributed by atoms with Gasteiger partial charge in [-0.2, -0.15) is 5.10 Å². The molecule has 1 heterocycles. The van der Waals surface area contributed by atoms with Crippen LogP contribution in [0.4, 0.5) is 0 Å². The predicted molar refractivity (Wildman–Crippen MR) is 117 cm³/mol. The number of hydrogen-bond donors (Lipinski definition) is 1. The third-order valence-corrected chi connectivity index (χ3v) is 4.82. The highest BCUT2D eigenvalue weighted by Gasteiger charge is 2.11. The van der Waals surface area contributed by atoms with Crippen molar-refractivity contribution in [3.63, 3.8) is 0 Å². The second-order valence-corrected chi connectivity index (χ2v) is 7.00. The second-order valence-electron chi connectivity index (χ2n) is 7.00. The number of benzene rings is 2. The van der Waals surface area contributed by atoms with Crippen LogP contribution >= 0.6 is 0 Å². The molecule has 0 aliphatic rings. The highest BCUT2D eigenvalue weighted by Crippen LogP contribution is 2.22. The van der Waals surface area contributed by atoms with Gasteiger partial charge in [-0.15, -0.1) is 0 Å².